The van der Waals surface area contributed by atoms with Crippen molar-refractivity contribution in [1.82, 2.24) is 15.6 Å². The van der Waals surface area contributed by atoms with Crippen molar-refractivity contribution in [2.75, 3.05) is 6.54 Å². The van der Waals surface area contributed by atoms with E-state index in [0.29, 0.717) is 24.4 Å². The molecule has 5 nitrogen and oxygen atoms in total. The van der Waals surface area contributed by atoms with Crippen molar-refractivity contribution in [3.63, 3.8) is 0 Å². The van der Waals surface area contributed by atoms with Crippen LogP contribution in [-0.2, 0) is 6.54 Å². The zero-order valence-corrected chi connectivity index (χ0v) is 17.6. The van der Waals surface area contributed by atoms with E-state index >= 15 is 0 Å². The molecule has 6 heteroatoms. The first kappa shape index (κ1) is 19.8. The van der Waals surface area contributed by atoms with Gasteiger partial charge in [0, 0.05) is 18.5 Å². The van der Waals surface area contributed by atoms with Gasteiger partial charge in [-0.25, -0.2) is 9.98 Å². The molecule has 1 saturated carbocycles. The minimum atomic E-state index is 0. The van der Waals surface area contributed by atoms with Crippen LogP contribution in [0.4, 0.5) is 0 Å². The molecule has 1 aromatic carbocycles. The maximum atomic E-state index is 5.60. The summed E-state index contributed by atoms with van der Waals surface area (Å²) < 4.78 is 5.60. The number of nitrogens with zero attached hydrogens (tertiary/aromatic N) is 2. The quantitative estimate of drug-likeness (QED) is 0.410. The zero-order valence-electron chi connectivity index (χ0n) is 15.3. The van der Waals surface area contributed by atoms with Crippen LogP contribution in [0.2, 0.25) is 0 Å². The second-order valence-corrected chi connectivity index (χ2v) is 6.39. The van der Waals surface area contributed by atoms with Crippen molar-refractivity contribution >= 4 is 29.9 Å². The maximum Gasteiger partial charge on any atom is 0.216 e. The molecular formula is C19H27IN4O. The van der Waals surface area contributed by atoms with Gasteiger partial charge in [-0.3, -0.25) is 0 Å². The lowest BCUT2D eigenvalue weighted by Gasteiger charge is -2.11. The molecule has 136 valence electrons. The van der Waals surface area contributed by atoms with Crippen molar-refractivity contribution in [2.24, 2.45) is 4.99 Å². The predicted molar refractivity (Wildman–Crippen MR) is 112 cm³/mol. The summed E-state index contributed by atoms with van der Waals surface area (Å²) in [5.41, 5.74) is 3.73. The van der Waals surface area contributed by atoms with Crippen LogP contribution in [0.25, 0.3) is 0 Å². The van der Waals surface area contributed by atoms with E-state index < -0.39 is 0 Å². The van der Waals surface area contributed by atoms with Gasteiger partial charge in [0.2, 0.25) is 5.89 Å². The van der Waals surface area contributed by atoms with Gasteiger partial charge in [0.25, 0.3) is 0 Å². The third-order valence-electron chi connectivity index (χ3n) is 4.49. The molecule has 2 aromatic rings. The van der Waals surface area contributed by atoms with E-state index in [1.807, 2.05) is 13.8 Å². The molecule has 0 amide bonds. The van der Waals surface area contributed by atoms with Gasteiger partial charge in [-0.15, -0.1) is 24.0 Å². The molecule has 3 rings (SSSR count). The van der Waals surface area contributed by atoms with E-state index in [0.717, 1.165) is 30.4 Å². The van der Waals surface area contributed by atoms with Crippen LogP contribution in [-0.4, -0.2) is 23.5 Å². The number of benzene rings is 1. The van der Waals surface area contributed by atoms with Gasteiger partial charge < -0.3 is 15.1 Å². The summed E-state index contributed by atoms with van der Waals surface area (Å²) in [5, 5.41) is 6.83. The zero-order chi connectivity index (χ0) is 17.1. The van der Waals surface area contributed by atoms with E-state index in [1.54, 1.807) is 0 Å². The van der Waals surface area contributed by atoms with Gasteiger partial charge in [0.1, 0.15) is 12.3 Å². The molecule has 1 aliphatic carbocycles. The van der Waals surface area contributed by atoms with E-state index in [9.17, 15) is 0 Å². The van der Waals surface area contributed by atoms with Crippen LogP contribution in [0.5, 0.6) is 0 Å². The van der Waals surface area contributed by atoms with E-state index in [2.05, 4.69) is 58.7 Å². The highest BCUT2D eigenvalue weighted by Crippen LogP contribution is 2.42. The summed E-state index contributed by atoms with van der Waals surface area (Å²) >= 11 is 0. The Hall–Kier alpha value is -1.57. The van der Waals surface area contributed by atoms with Gasteiger partial charge in [-0.1, -0.05) is 24.3 Å². The van der Waals surface area contributed by atoms with Gasteiger partial charge >= 0.3 is 0 Å². The molecular weight excluding hydrogens is 427 g/mol. The number of rotatable bonds is 5. The Morgan fingerprint density at radius 1 is 1.28 bits per heavy atom. The molecule has 1 heterocycles. The minimum Gasteiger partial charge on any atom is -0.444 e. The van der Waals surface area contributed by atoms with Crippen molar-refractivity contribution < 1.29 is 4.42 Å². The molecule has 0 bridgehead atoms. The van der Waals surface area contributed by atoms with E-state index in [-0.39, 0.29) is 24.0 Å². The van der Waals surface area contributed by atoms with Crippen LogP contribution < -0.4 is 10.6 Å². The molecule has 0 radical (unpaired) electrons. The number of halogens is 1. The Morgan fingerprint density at radius 3 is 2.68 bits per heavy atom. The first-order valence-corrected chi connectivity index (χ1v) is 8.61. The molecule has 0 aliphatic heterocycles. The summed E-state index contributed by atoms with van der Waals surface area (Å²) in [4.78, 5) is 8.99. The Morgan fingerprint density at radius 2 is 2.04 bits per heavy atom. The van der Waals surface area contributed by atoms with E-state index in [1.165, 1.54) is 11.1 Å². The number of aryl methyl sites for hydroxylation is 3. The third kappa shape index (κ3) is 4.96. The molecule has 1 fully saturated rings. The average Bonchev–Trinajstić information content (AvgIpc) is 3.23. The summed E-state index contributed by atoms with van der Waals surface area (Å²) in [6, 6.07) is 9.05. The molecule has 2 unspecified atom stereocenters. The topological polar surface area (TPSA) is 62.5 Å². The van der Waals surface area contributed by atoms with Crippen molar-refractivity contribution in [1.29, 1.82) is 0 Å². The van der Waals surface area contributed by atoms with Crippen LogP contribution in [0, 0.1) is 20.8 Å². The molecule has 0 saturated heterocycles. The Balaban J connectivity index is 0.00000225. The molecule has 2 atom stereocenters. The molecule has 25 heavy (non-hydrogen) atoms. The largest absolute Gasteiger partial charge is 0.444 e. The normalized spacial score (nSPS) is 19.3. The number of nitrogens with one attached hydrogen (secondary N) is 2. The smallest absolute Gasteiger partial charge is 0.216 e. The van der Waals surface area contributed by atoms with Crippen LogP contribution in [0.1, 0.15) is 47.7 Å². The van der Waals surface area contributed by atoms with Gasteiger partial charge in [-0.05, 0) is 45.2 Å². The summed E-state index contributed by atoms with van der Waals surface area (Å²) in [6.45, 7) is 9.41. The Labute approximate surface area is 166 Å². The lowest BCUT2D eigenvalue weighted by Crippen LogP contribution is -2.39. The predicted octanol–water partition coefficient (Wildman–Crippen LogP) is 3.83. The standard InChI is InChI=1S/C19H26N4O.HI/c1-5-20-19(21-11-18-22-13(3)14(4)24-18)23-17-10-16(17)15-9-7-6-8-12(15)2;/h6-9,16-17H,5,10-11H2,1-4H3,(H2,20,21,23);1H. The van der Waals surface area contributed by atoms with Crippen LogP contribution in [0.3, 0.4) is 0 Å². The third-order valence-corrected chi connectivity index (χ3v) is 4.49. The number of hydrogen-bond acceptors (Lipinski definition) is 3. The number of aliphatic imine (C=N–C) groups is 1. The average molecular weight is 454 g/mol. The van der Waals surface area contributed by atoms with Crippen LogP contribution >= 0.6 is 24.0 Å². The maximum absolute atomic E-state index is 5.60. The number of oxazole rings is 1. The Kier molecular flexibility index (Phi) is 6.87. The van der Waals surface area contributed by atoms with Crippen molar-refractivity contribution in [3.05, 3.63) is 52.7 Å². The lowest BCUT2D eigenvalue weighted by molar-refractivity contribution is 0.472. The first-order valence-electron chi connectivity index (χ1n) is 8.61. The molecule has 1 aliphatic rings. The van der Waals surface area contributed by atoms with Crippen molar-refractivity contribution in [3.8, 4) is 0 Å². The highest BCUT2D eigenvalue weighted by atomic mass is 127. The van der Waals surface area contributed by atoms with Gasteiger partial charge in [0.15, 0.2) is 5.96 Å². The first-order chi connectivity index (χ1) is 11.6. The lowest BCUT2D eigenvalue weighted by atomic mass is 10.0. The van der Waals surface area contributed by atoms with Gasteiger partial charge in [0.05, 0.1) is 5.69 Å². The van der Waals surface area contributed by atoms with Crippen molar-refractivity contribution in [2.45, 2.75) is 52.6 Å². The summed E-state index contributed by atoms with van der Waals surface area (Å²) in [6.07, 6.45) is 1.15. The number of guanidine groups is 1. The highest BCUT2D eigenvalue weighted by molar-refractivity contribution is 14.0. The van der Waals surface area contributed by atoms with Gasteiger partial charge in [-0.2, -0.15) is 0 Å². The fourth-order valence-corrected chi connectivity index (χ4v) is 2.95. The number of aromatic nitrogens is 1. The Bertz CT molecular complexity index is 721. The molecule has 2 N–H and O–H groups in total. The fraction of sp³-hybridized carbons (Fsp3) is 0.474. The monoisotopic (exact) mass is 454 g/mol. The number of hydrogen-bond donors (Lipinski definition) is 2. The second kappa shape index (κ2) is 8.69. The van der Waals surface area contributed by atoms with E-state index in [4.69, 9.17) is 4.42 Å². The SMILES string of the molecule is CCNC(=NCc1nc(C)c(C)o1)NC1CC1c1ccccc1C.I. The van der Waals surface area contributed by atoms with Crippen LogP contribution in [0.15, 0.2) is 33.7 Å². The fourth-order valence-electron chi connectivity index (χ4n) is 2.95. The second-order valence-electron chi connectivity index (χ2n) is 6.39. The summed E-state index contributed by atoms with van der Waals surface area (Å²) in [7, 11) is 0. The summed E-state index contributed by atoms with van der Waals surface area (Å²) in [5.74, 6) is 2.92. The minimum absolute atomic E-state index is 0. The molecule has 1 aromatic heterocycles. The highest BCUT2D eigenvalue weighted by Gasteiger charge is 2.39. The molecule has 0 spiro atoms.